The van der Waals surface area contributed by atoms with Crippen molar-refractivity contribution in [1.29, 1.82) is 0 Å². The van der Waals surface area contributed by atoms with Gasteiger partial charge >= 0.3 is 19.8 Å². The summed E-state index contributed by atoms with van der Waals surface area (Å²) < 4.78 is 26.5. The Bertz CT molecular complexity index is 807. The van der Waals surface area contributed by atoms with Gasteiger partial charge in [-0.15, -0.1) is 0 Å². The lowest BCUT2D eigenvalue weighted by Crippen LogP contribution is -2.43. The Labute approximate surface area is 258 Å². The average molecular weight is 636 g/mol. The third-order valence-corrected chi connectivity index (χ3v) is 7.76. The fourth-order valence-electron chi connectivity index (χ4n) is 4.19. The Kier molecular flexibility index (Phi) is 26.6. The molecule has 0 bridgehead atoms. The number of esters is 1. The van der Waals surface area contributed by atoms with Crippen molar-refractivity contribution in [1.82, 2.24) is 5.32 Å². The molecular formula is C31H58NO10P. The van der Waals surface area contributed by atoms with Gasteiger partial charge in [0.1, 0.15) is 12.7 Å². The molecule has 0 heterocycles. The summed E-state index contributed by atoms with van der Waals surface area (Å²) in [5, 5.41) is 21.5. The summed E-state index contributed by atoms with van der Waals surface area (Å²) >= 11 is 0. The molecular weight excluding hydrogens is 577 g/mol. The van der Waals surface area contributed by atoms with Crippen LogP contribution in [0.5, 0.6) is 0 Å². The fraction of sp³-hybridized carbons (Fsp3) is 0.839. The second kappa shape index (κ2) is 27.7. The number of aliphatic hydroxyl groups excluding tert-OH is 1. The molecule has 11 nitrogen and oxygen atoms in total. The molecule has 3 atom stereocenters. The number of phosphoric acid groups is 1. The number of hydrogen-bond acceptors (Lipinski definition) is 8. The largest absolute Gasteiger partial charge is 0.480 e. The molecule has 0 rings (SSSR count). The maximum Gasteiger partial charge on any atom is 0.472 e. The molecule has 43 heavy (non-hydrogen) atoms. The van der Waals surface area contributed by atoms with E-state index in [1.165, 1.54) is 25.7 Å². The summed E-state index contributed by atoms with van der Waals surface area (Å²) in [4.78, 5) is 45.2. The van der Waals surface area contributed by atoms with E-state index < -0.39 is 57.6 Å². The molecule has 0 fully saturated rings. The van der Waals surface area contributed by atoms with Crippen molar-refractivity contribution in [3.8, 4) is 0 Å². The first-order valence-corrected chi connectivity index (χ1v) is 17.7. The third-order valence-electron chi connectivity index (χ3n) is 6.80. The monoisotopic (exact) mass is 635 g/mol. The van der Waals surface area contributed by atoms with E-state index >= 15 is 0 Å². The summed E-state index contributed by atoms with van der Waals surface area (Å²) in [5.41, 5.74) is 0. The van der Waals surface area contributed by atoms with Gasteiger partial charge in [-0.1, -0.05) is 96.6 Å². The second-order valence-electron chi connectivity index (χ2n) is 11.0. The highest BCUT2D eigenvalue weighted by Gasteiger charge is 2.28. The van der Waals surface area contributed by atoms with Gasteiger partial charge in [-0.3, -0.25) is 18.6 Å². The van der Waals surface area contributed by atoms with Gasteiger partial charge in [0, 0.05) is 12.8 Å². The van der Waals surface area contributed by atoms with Gasteiger partial charge in [-0.05, 0) is 38.5 Å². The van der Waals surface area contributed by atoms with Gasteiger partial charge in [0.25, 0.3) is 0 Å². The molecule has 1 amide bonds. The zero-order chi connectivity index (χ0) is 32.2. The highest BCUT2D eigenvalue weighted by molar-refractivity contribution is 7.47. The Morgan fingerprint density at radius 2 is 1.21 bits per heavy atom. The van der Waals surface area contributed by atoms with E-state index in [0.29, 0.717) is 12.8 Å². The smallest absolute Gasteiger partial charge is 0.472 e. The van der Waals surface area contributed by atoms with Crippen molar-refractivity contribution in [3.63, 3.8) is 0 Å². The van der Waals surface area contributed by atoms with Crippen LogP contribution in [0, 0.1) is 0 Å². The van der Waals surface area contributed by atoms with E-state index in [9.17, 15) is 34.1 Å². The molecule has 252 valence electrons. The highest BCUT2D eigenvalue weighted by Crippen LogP contribution is 2.43. The molecule has 0 spiro atoms. The van der Waals surface area contributed by atoms with Crippen molar-refractivity contribution >= 4 is 25.7 Å². The average Bonchev–Trinajstić information content (AvgIpc) is 2.97. The van der Waals surface area contributed by atoms with Crippen molar-refractivity contribution in [2.45, 2.75) is 148 Å². The number of phosphoric ester groups is 1. The summed E-state index contributed by atoms with van der Waals surface area (Å²) in [6.45, 7) is 2.43. The van der Waals surface area contributed by atoms with Gasteiger partial charge in [-0.25, -0.2) is 9.36 Å². The Morgan fingerprint density at radius 1 is 0.721 bits per heavy atom. The minimum atomic E-state index is -4.73. The fourth-order valence-corrected chi connectivity index (χ4v) is 4.96. The number of aliphatic carboxylic acids is 1. The molecule has 0 aromatic rings. The standard InChI is InChI=1S/C31H58NO10P/c1-3-5-7-9-11-12-13-14-15-16-17-19-21-23-30(35)40-24-27(33)25-41-43(38,39)42-26-28(31(36)37)32-29(34)22-20-18-10-8-6-4-2/h12-13,27-28,33H,3-11,14-26H2,1-2H3,(H,32,34)(H,36,37)(H,38,39)/b13-12-. The van der Waals surface area contributed by atoms with E-state index in [2.05, 4.69) is 35.8 Å². The van der Waals surface area contributed by atoms with E-state index in [1.807, 2.05) is 0 Å². The first-order valence-electron chi connectivity index (χ1n) is 16.2. The van der Waals surface area contributed by atoms with Crippen LogP contribution in [0.3, 0.4) is 0 Å². The minimum Gasteiger partial charge on any atom is -0.480 e. The first kappa shape index (κ1) is 41.2. The molecule has 3 unspecified atom stereocenters. The zero-order valence-corrected chi connectivity index (χ0v) is 27.4. The summed E-state index contributed by atoms with van der Waals surface area (Å²) in [5.74, 6) is -2.40. The molecule has 0 aliphatic rings. The number of carbonyl (C=O) groups is 3. The normalized spacial score (nSPS) is 14.3. The molecule has 12 heteroatoms. The number of unbranched alkanes of at least 4 members (excludes halogenated alkanes) is 14. The number of ether oxygens (including phenoxy) is 1. The molecule has 0 aliphatic heterocycles. The van der Waals surface area contributed by atoms with Crippen LogP contribution in [-0.2, 0) is 32.7 Å². The zero-order valence-electron chi connectivity index (χ0n) is 26.5. The number of amides is 1. The van der Waals surface area contributed by atoms with Crippen LogP contribution in [0.15, 0.2) is 12.2 Å². The molecule has 0 aliphatic carbocycles. The van der Waals surface area contributed by atoms with Gasteiger partial charge < -0.3 is 25.2 Å². The number of carboxylic acid groups (broad SMARTS) is 1. The molecule has 0 radical (unpaired) electrons. The summed E-state index contributed by atoms with van der Waals surface area (Å²) in [7, 11) is -4.73. The second-order valence-corrected chi connectivity index (χ2v) is 12.5. The maximum atomic E-state index is 12.1. The van der Waals surface area contributed by atoms with E-state index in [0.717, 1.165) is 70.6 Å². The van der Waals surface area contributed by atoms with Crippen molar-refractivity contribution in [2.24, 2.45) is 0 Å². The van der Waals surface area contributed by atoms with E-state index in [1.54, 1.807) is 0 Å². The van der Waals surface area contributed by atoms with E-state index in [-0.39, 0.29) is 12.8 Å². The molecule has 0 aromatic heterocycles. The maximum absolute atomic E-state index is 12.1. The van der Waals surface area contributed by atoms with Crippen molar-refractivity contribution < 1.29 is 47.8 Å². The van der Waals surface area contributed by atoms with Crippen LogP contribution in [0.2, 0.25) is 0 Å². The number of rotatable bonds is 30. The van der Waals surface area contributed by atoms with Gasteiger partial charge in [0.2, 0.25) is 5.91 Å². The topological polar surface area (TPSA) is 169 Å². The van der Waals surface area contributed by atoms with Gasteiger partial charge in [0.15, 0.2) is 6.04 Å². The minimum absolute atomic E-state index is 0.144. The van der Waals surface area contributed by atoms with E-state index in [4.69, 9.17) is 9.26 Å². The molecule has 0 saturated carbocycles. The van der Waals surface area contributed by atoms with Crippen LogP contribution in [0.1, 0.15) is 136 Å². The van der Waals surface area contributed by atoms with Crippen LogP contribution in [0.25, 0.3) is 0 Å². The predicted molar refractivity (Wildman–Crippen MR) is 166 cm³/mol. The van der Waals surface area contributed by atoms with Crippen molar-refractivity contribution in [2.75, 3.05) is 19.8 Å². The first-order chi connectivity index (χ1) is 20.6. The number of nitrogens with one attached hydrogen (secondary N) is 1. The SMILES string of the molecule is CCCCCC/C=C\CCCCCCCC(=O)OCC(O)COP(=O)(O)OCC(NC(=O)CCCCCCCC)C(=O)O. The lowest BCUT2D eigenvalue weighted by Gasteiger charge is -2.18. The van der Waals surface area contributed by atoms with Crippen LogP contribution in [0.4, 0.5) is 0 Å². The predicted octanol–water partition coefficient (Wildman–Crippen LogP) is 6.60. The molecule has 0 saturated heterocycles. The number of hydrogen-bond donors (Lipinski definition) is 4. The highest BCUT2D eigenvalue weighted by atomic mass is 31.2. The number of carboxylic acids is 1. The van der Waals surface area contributed by atoms with Crippen LogP contribution < -0.4 is 5.32 Å². The Balaban J connectivity index is 3.99. The number of carbonyl (C=O) groups excluding carboxylic acids is 2. The van der Waals surface area contributed by atoms with Gasteiger partial charge in [-0.2, -0.15) is 0 Å². The number of aliphatic hydroxyl groups is 1. The van der Waals surface area contributed by atoms with Crippen molar-refractivity contribution in [3.05, 3.63) is 12.2 Å². The summed E-state index contributed by atoms with van der Waals surface area (Å²) in [6.07, 6.45) is 21.5. The number of allylic oxidation sites excluding steroid dienone is 2. The van der Waals surface area contributed by atoms with Crippen LogP contribution >= 0.6 is 7.82 Å². The van der Waals surface area contributed by atoms with Crippen LogP contribution in [-0.4, -0.2) is 64.9 Å². The molecule has 4 N–H and O–H groups in total. The van der Waals surface area contributed by atoms with Gasteiger partial charge in [0.05, 0.1) is 13.2 Å². The Hall–Kier alpha value is -1.78. The lowest BCUT2D eigenvalue weighted by molar-refractivity contribution is -0.147. The quantitative estimate of drug-likeness (QED) is 0.0292. The summed E-state index contributed by atoms with van der Waals surface area (Å²) in [6, 6.07) is -1.54. The Morgan fingerprint density at radius 3 is 1.79 bits per heavy atom. The molecule has 0 aromatic carbocycles. The lowest BCUT2D eigenvalue weighted by atomic mass is 10.1. The third kappa shape index (κ3) is 27.5.